The van der Waals surface area contributed by atoms with Crippen LogP contribution in [0.3, 0.4) is 0 Å². The summed E-state index contributed by atoms with van der Waals surface area (Å²) in [6, 6.07) is 12.3. The largest absolute Gasteiger partial charge is 0.493 e. The average Bonchev–Trinajstić information content (AvgIpc) is 2.63. The van der Waals surface area contributed by atoms with E-state index >= 15 is 0 Å². The van der Waals surface area contributed by atoms with Gasteiger partial charge in [-0.1, -0.05) is 36.7 Å². The number of rotatable bonds is 7. The molecule has 0 saturated heterocycles. The summed E-state index contributed by atoms with van der Waals surface area (Å²) in [4.78, 5) is 11.9. The number of hydrazone groups is 1. The number of hydrogen-bond donors (Lipinski definition) is 1. The molecule has 0 aliphatic carbocycles. The Hall–Kier alpha value is -2.53. The molecule has 5 nitrogen and oxygen atoms in total. The maximum atomic E-state index is 11.9. The van der Waals surface area contributed by atoms with Crippen molar-refractivity contribution in [2.75, 3.05) is 7.11 Å². The summed E-state index contributed by atoms with van der Waals surface area (Å²) in [5.41, 5.74) is 3.70. The Balaban J connectivity index is 2.12. The van der Waals surface area contributed by atoms with E-state index in [1.807, 2.05) is 19.9 Å². The van der Waals surface area contributed by atoms with Gasteiger partial charge in [0.2, 0.25) is 0 Å². The second-order valence-corrected chi connectivity index (χ2v) is 5.84. The van der Waals surface area contributed by atoms with Crippen LogP contribution in [0.25, 0.3) is 0 Å². The highest BCUT2D eigenvalue weighted by Gasteiger charge is 2.14. The predicted molar refractivity (Wildman–Crippen MR) is 99.9 cm³/mol. The number of methoxy groups -OCH3 is 1. The molecule has 6 heteroatoms. The number of ether oxygens (including phenoxy) is 2. The third-order valence-electron chi connectivity index (χ3n) is 3.56. The maximum Gasteiger partial charge on any atom is 0.271 e. The molecule has 0 heterocycles. The Morgan fingerprint density at radius 3 is 2.68 bits per heavy atom. The molecule has 0 fully saturated rings. The van der Waals surface area contributed by atoms with E-state index in [2.05, 4.69) is 10.5 Å². The molecule has 0 spiro atoms. The lowest BCUT2D eigenvalue weighted by Crippen LogP contribution is -2.17. The first-order valence-electron chi connectivity index (χ1n) is 7.97. The van der Waals surface area contributed by atoms with Gasteiger partial charge in [0.15, 0.2) is 11.5 Å². The topological polar surface area (TPSA) is 59.9 Å². The standard InChI is InChI=1S/C19H21ClN2O3/c1-4-13(2)25-18-16(20)10-14(11-17(18)24-3)12-21-22-19(23)15-8-6-5-7-9-15/h5-13H,4H2,1-3H3,(H,22,23)/b21-12-/t13-/m1/s1. The molecule has 25 heavy (non-hydrogen) atoms. The zero-order valence-electron chi connectivity index (χ0n) is 14.5. The molecule has 0 aliphatic rings. The van der Waals surface area contributed by atoms with E-state index in [9.17, 15) is 4.79 Å². The number of halogens is 1. The average molecular weight is 361 g/mol. The van der Waals surface area contributed by atoms with Gasteiger partial charge in [0.05, 0.1) is 24.5 Å². The highest BCUT2D eigenvalue weighted by atomic mass is 35.5. The van der Waals surface area contributed by atoms with Crippen LogP contribution in [0.1, 0.15) is 36.2 Å². The molecule has 2 aromatic rings. The van der Waals surface area contributed by atoms with Gasteiger partial charge in [-0.25, -0.2) is 5.43 Å². The summed E-state index contributed by atoms with van der Waals surface area (Å²) in [7, 11) is 1.55. The summed E-state index contributed by atoms with van der Waals surface area (Å²) in [5.74, 6) is 0.735. The molecular formula is C19H21ClN2O3. The number of benzene rings is 2. The highest BCUT2D eigenvalue weighted by molar-refractivity contribution is 6.32. The smallest absolute Gasteiger partial charge is 0.271 e. The van der Waals surface area contributed by atoms with E-state index in [0.717, 1.165) is 6.42 Å². The Kier molecular flexibility index (Phi) is 6.83. The number of carbonyl (C=O) groups excluding carboxylic acids is 1. The number of carbonyl (C=O) groups is 1. The van der Waals surface area contributed by atoms with Crippen molar-refractivity contribution in [2.24, 2.45) is 5.10 Å². The first-order valence-corrected chi connectivity index (χ1v) is 8.35. The van der Waals surface area contributed by atoms with E-state index in [-0.39, 0.29) is 12.0 Å². The summed E-state index contributed by atoms with van der Waals surface area (Å²) >= 11 is 6.30. The Morgan fingerprint density at radius 2 is 2.04 bits per heavy atom. The van der Waals surface area contributed by atoms with Gasteiger partial charge < -0.3 is 9.47 Å². The third kappa shape index (κ3) is 5.22. The number of amides is 1. The SMILES string of the molecule is CC[C@@H](C)Oc1c(Cl)cc(/C=N\NC(=O)c2ccccc2)cc1OC. The summed E-state index contributed by atoms with van der Waals surface area (Å²) in [5, 5.41) is 4.39. The van der Waals surface area contributed by atoms with Gasteiger partial charge in [0.1, 0.15) is 0 Å². The molecule has 0 radical (unpaired) electrons. The summed E-state index contributed by atoms with van der Waals surface area (Å²) < 4.78 is 11.2. The third-order valence-corrected chi connectivity index (χ3v) is 3.84. The van der Waals surface area contributed by atoms with Crippen molar-refractivity contribution in [1.29, 1.82) is 0 Å². The van der Waals surface area contributed by atoms with Crippen LogP contribution in [0.15, 0.2) is 47.6 Å². The quantitative estimate of drug-likeness (QED) is 0.592. The van der Waals surface area contributed by atoms with Crippen molar-refractivity contribution in [3.8, 4) is 11.5 Å². The van der Waals surface area contributed by atoms with Gasteiger partial charge in [-0.15, -0.1) is 0 Å². The molecule has 0 bridgehead atoms. The maximum absolute atomic E-state index is 11.9. The van der Waals surface area contributed by atoms with Crippen molar-refractivity contribution in [2.45, 2.75) is 26.4 Å². The van der Waals surface area contributed by atoms with Crippen molar-refractivity contribution in [3.05, 3.63) is 58.6 Å². The van der Waals surface area contributed by atoms with Crippen molar-refractivity contribution in [1.82, 2.24) is 5.43 Å². The first-order chi connectivity index (χ1) is 12.0. The van der Waals surface area contributed by atoms with E-state index < -0.39 is 0 Å². The zero-order valence-corrected chi connectivity index (χ0v) is 15.2. The van der Waals surface area contributed by atoms with Crippen molar-refractivity contribution in [3.63, 3.8) is 0 Å². The van der Waals surface area contributed by atoms with Crippen LogP contribution in [0.4, 0.5) is 0 Å². The molecule has 132 valence electrons. The Morgan fingerprint density at radius 1 is 1.32 bits per heavy atom. The lowest BCUT2D eigenvalue weighted by molar-refractivity contribution is 0.0955. The van der Waals surface area contributed by atoms with Gasteiger partial charge in [-0.05, 0) is 43.2 Å². The molecule has 0 aliphatic heterocycles. The Bertz CT molecular complexity index is 748. The minimum absolute atomic E-state index is 0.0241. The molecule has 1 N–H and O–H groups in total. The molecule has 0 saturated carbocycles. The van der Waals surface area contributed by atoms with Gasteiger partial charge >= 0.3 is 0 Å². The molecule has 2 aromatic carbocycles. The van der Waals surface area contributed by atoms with Crippen LogP contribution in [0.2, 0.25) is 5.02 Å². The van der Waals surface area contributed by atoms with Crippen LogP contribution in [-0.4, -0.2) is 25.3 Å². The van der Waals surface area contributed by atoms with Gasteiger partial charge in [0.25, 0.3) is 5.91 Å². The van der Waals surface area contributed by atoms with Crippen LogP contribution in [-0.2, 0) is 0 Å². The normalized spacial score (nSPS) is 12.0. The van der Waals surface area contributed by atoms with Gasteiger partial charge in [-0.3, -0.25) is 4.79 Å². The molecule has 0 unspecified atom stereocenters. The molecular weight excluding hydrogens is 340 g/mol. The summed E-state index contributed by atoms with van der Waals surface area (Å²) in [6.45, 7) is 3.99. The fourth-order valence-corrected chi connectivity index (χ4v) is 2.30. The number of nitrogens with zero attached hydrogens (tertiary/aromatic N) is 1. The zero-order chi connectivity index (χ0) is 18.2. The minimum atomic E-state index is -0.286. The van der Waals surface area contributed by atoms with Crippen molar-refractivity contribution >= 4 is 23.7 Å². The lowest BCUT2D eigenvalue weighted by Gasteiger charge is -2.17. The van der Waals surface area contributed by atoms with Gasteiger partial charge in [0, 0.05) is 5.56 Å². The molecule has 1 atom stereocenters. The monoisotopic (exact) mass is 360 g/mol. The lowest BCUT2D eigenvalue weighted by atomic mass is 10.2. The fraction of sp³-hybridized carbons (Fsp3) is 0.263. The van der Waals surface area contributed by atoms with Crippen LogP contribution in [0, 0.1) is 0 Å². The fourth-order valence-electron chi connectivity index (χ4n) is 2.03. The second-order valence-electron chi connectivity index (χ2n) is 5.44. The molecule has 2 rings (SSSR count). The number of hydrogen-bond acceptors (Lipinski definition) is 4. The van der Waals surface area contributed by atoms with E-state index in [1.54, 1.807) is 43.5 Å². The van der Waals surface area contributed by atoms with E-state index in [0.29, 0.717) is 27.6 Å². The van der Waals surface area contributed by atoms with E-state index in [4.69, 9.17) is 21.1 Å². The molecule has 1 amide bonds. The number of nitrogens with one attached hydrogen (secondary N) is 1. The van der Waals surface area contributed by atoms with Crippen molar-refractivity contribution < 1.29 is 14.3 Å². The Labute approximate surface area is 152 Å². The van der Waals surface area contributed by atoms with E-state index in [1.165, 1.54) is 6.21 Å². The van der Waals surface area contributed by atoms with Gasteiger partial charge in [-0.2, -0.15) is 5.10 Å². The van der Waals surface area contributed by atoms with Crippen LogP contribution in [0.5, 0.6) is 11.5 Å². The van der Waals surface area contributed by atoms with Crippen LogP contribution < -0.4 is 14.9 Å². The van der Waals surface area contributed by atoms with Crippen LogP contribution >= 0.6 is 11.6 Å². The highest BCUT2D eigenvalue weighted by Crippen LogP contribution is 2.37. The second kappa shape index (κ2) is 9.08. The predicted octanol–water partition coefficient (Wildman–Crippen LogP) is 4.29. The minimum Gasteiger partial charge on any atom is -0.493 e. The molecule has 0 aromatic heterocycles. The summed E-state index contributed by atoms with van der Waals surface area (Å²) in [6.07, 6.45) is 2.38. The first kappa shape index (κ1) is 18.8.